The molecule has 0 bridgehead atoms. The molecular formula is C11H12ClNO3. The number of ether oxygens (including phenoxy) is 2. The van der Waals surface area contributed by atoms with Crippen LogP contribution >= 0.6 is 11.6 Å². The third-order valence-corrected chi connectivity index (χ3v) is 2.74. The van der Waals surface area contributed by atoms with Gasteiger partial charge in [-0.25, -0.2) is 4.79 Å². The molecule has 1 aromatic carbocycles. The van der Waals surface area contributed by atoms with Crippen molar-refractivity contribution in [3.05, 3.63) is 22.2 Å². The van der Waals surface area contributed by atoms with Gasteiger partial charge in [0, 0.05) is 12.0 Å². The third kappa shape index (κ3) is 1.69. The number of hydrogen-bond acceptors (Lipinski definition) is 4. The highest BCUT2D eigenvalue weighted by molar-refractivity contribution is 6.34. The number of carbonyl (C=O) groups is 1. The Morgan fingerprint density at radius 3 is 3.12 bits per heavy atom. The molecule has 1 aliphatic heterocycles. The molecular weight excluding hydrogens is 230 g/mol. The average molecular weight is 242 g/mol. The Hall–Kier alpha value is -1.42. The molecule has 0 amide bonds. The van der Waals surface area contributed by atoms with Crippen LogP contribution in [0.3, 0.4) is 0 Å². The number of esters is 1. The highest BCUT2D eigenvalue weighted by Crippen LogP contribution is 2.38. The van der Waals surface area contributed by atoms with Crippen LogP contribution in [0.5, 0.6) is 5.75 Å². The smallest absolute Gasteiger partial charge is 0.341 e. The summed E-state index contributed by atoms with van der Waals surface area (Å²) in [6.07, 6.45) is 0.766. The van der Waals surface area contributed by atoms with Gasteiger partial charge in [0.05, 0.1) is 23.9 Å². The van der Waals surface area contributed by atoms with Crippen molar-refractivity contribution in [2.24, 2.45) is 0 Å². The maximum atomic E-state index is 11.6. The number of nitrogens with two attached hydrogens (primary N) is 1. The summed E-state index contributed by atoms with van der Waals surface area (Å²) in [4.78, 5) is 11.6. The fourth-order valence-electron chi connectivity index (χ4n) is 1.74. The Kier molecular flexibility index (Phi) is 2.92. The van der Waals surface area contributed by atoms with Gasteiger partial charge in [-0.2, -0.15) is 0 Å². The highest BCUT2D eigenvalue weighted by atomic mass is 35.5. The van der Waals surface area contributed by atoms with Gasteiger partial charge < -0.3 is 15.2 Å². The van der Waals surface area contributed by atoms with Gasteiger partial charge in [-0.1, -0.05) is 11.6 Å². The van der Waals surface area contributed by atoms with E-state index in [-0.39, 0.29) is 17.9 Å². The number of halogens is 1. The lowest BCUT2D eigenvalue weighted by atomic mass is 10.1. The second-order valence-electron chi connectivity index (χ2n) is 3.45. The maximum Gasteiger partial charge on any atom is 0.341 e. The predicted molar refractivity (Wildman–Crippen MR) is 61.0 cm³/mol. The van der Waals surface area contributed by atoms with Gasteiger partial charge in [0.2, 0.25) is 0 Å². The molecule has 0 atom stereocenters. The van der Waals surface area contributed by atoms with Crippen LogP contribution in [0, 0.1) is 0 Å². The van der Waals surface area contributed by atoms with Crippen molar-refractivity contribution in [1.82, 2.24) is 0 Å². The molecule has 0 spiro atoms. The number of fused-ring (bicyclic) bond motifs is 1. The predicted octanol–water partition coefficient (Wildman–Crippen LogP) is 2.03. The molecule has 86 valence electrons. The van der Waals surface area contributed by atoms with E-state index < -0.39 is 5.97 Å². The minimum atomic E-state index is -0.511. The Morgan fingerprint density at radius 2 is 2.44 bits per heavy atom. The van der Waals surface area contributed by atoms with Gasteiger partial charge in [-0.15, -0.1) is 0 Å². The van der Waals surface area contributed by atoms with Crippen LogP contribution in [0.2, 0.25) is 5.02 Å². The van der Waals surface area contributed by atoms with Gasteiger partial charge in [-0.3, -0.25) is 0 Å². The van der Waals surface area contributed by atoms with Gasteiger partial charge in [0.15, 0.2) is 0 Å². The monoisotopic (exact) mass is 241 g/mol. The number of rotatable bonds is 2. The number of benzene rings is 1. The maximum absolute atomic E-state index is 11.6. The summed E-state index contributed by atoms with van der Waals surface area (Å²) in [5, 5.41) is 0.320. The first-order chi connectivity index (χ1) is 7.65. The lowest BCUT2D eigenvalue weighted by Crippen LogP contribution is -2.09. The average Bonchev–Trinajstić information content (AvgIpc) is 2.66. The largest absolute Gasteiger partial charge is 0.491 e. The van der Waals surface area contributed by atoms with Gasteiger partial charge in [0.25, 0.3) is 0 Å². The summed E-state index contributed by atoms with van der Waals surface area (Å²) in [5.41, 5.74) is 7.27. The summed E-state index contributed by atoms with van der Waals surface area (Å²) in [7, 11) is 0. The molecule has 0 radical (unpaired) electrons. The van der Waals surface area contributed by atoms with E-state index in [9.17, 15) is 4.79 Å². The van der Waals surface area contributed by atoms with Crippen molar-refractivity contribution >= 4 is 23.3 Å². The van der Waals surface area contributed by atoms with Crippen molar-refractivity contribution in [3.63, 3.8) is 0 Å². The summed E-state index contributed by atoms with van der Waals surface area (Å²) < 4.78 is 10.3. The Morgan fingerprint density at radius 1 is 1.69 bits per heavy atom. The number of carbonyl (C=O) groups excluding carboxylic acids is 1. The molecule has 0 fully saturated rings. The van der Waals surface area contributed by atoms with Crippen LogP contribution in [0.15, 0.2) is 6.07 Å². The number of hydrogen-bond donors (Lipinski definition) is 1. The Labute approximate surface area is 98.3 Å². The summed E-state index contributed by atoms with van der Waals surface area (Å²) in [5.74, 6) is 0.0516. The molecule has 0 aromatic heterocycles. The van der Waals surface area contributed by atoms with E-state index in [1.165, 1.54) is 0 Å². The first-order valence-corrected chi connectivity index (χ1v) is 5.43. The van der Waals surface area contributed by atoms with Gasteiger partial charge >= 0.3 is 5.97 Å². The van der Waals surface area contributed by atoms with Crippen molar-refractivity contribution in [2.45, 2.75) is 13.3 Å². The normalized spacial score (nSPS) is 13.1. The van der Waals surface area contributed by atoms with E-state index in [1.807, 2.05) is 0 Å². The second-order valence-corrected chi connectivity index (χ2v) is 3.86. The molecule has 1 heterocycles. The molecule has 0 aliphatic carbocycles. The van der Waals surface area contributed by atoms with Gasteiger partial charge in [0.1, 0.15) is 11.3 Å². The van der Waals surface area contributed by atoms with Crippen LogP contribution in [0.25, 0.3) is 0 Å². The quantitative estimate of drug-likeness (QED) is 0.636. The van der Waals surface area contributed by atoms with Crippen LogP contribution in [-0.4, -0.2) is 19.2 Å². The van der Waals surface area contributed by atoms with Crippen LogP contribution in [-0.2, 0) is 11.2 Å². The molecule has 5 heteroatoms. The molecule has 1 aromatic rings. The van der Waals surface area contributed by atoms with Crippen molar-refractivity contribution in [2.75, 3.05) is 18.9 Å². The van der Waals surface area contributed by atoms with E-state index in [0.29, 0.717) is 17.4 Å². The zero-order valence-corrected chi connectivity index (χ0v) is 9.63. The SMILES string of the molecule is CCOC(=O)c1c(Cl)cc2c(c1N)OCC2. The Bertz CT molecular complexity index is 445. The zero-order chi connectivity index (χ0) is 11.7. The summed E-state index contributed by atoms with van der Waals surface area (Å²) in [6.45, 7) is 2.58. The Balaban J connectivity index is 2.50. The van der Waals surface area contributed by atoms with Crippen LogP contribution in [0.4, 0.5) is 5.69 Å². The molecule has 0 saturated heterocycles. The fraction of sp³-hybridized carbons (Fsp3) is 0.364. The second kappa shape index (κ2) is 4.22. The van der Waals surface area contributed by atoms with E-state index in [2.05, 4.69) is 0 Å². The standard InChI is InChI=1S/C11H12ClNO3/c1-2-15-11(14)8-7(12)5-6-3-4-16-10(6)9(8)13/h5H,2-4,13H2,1H3. The molecule has 1 aliphatic rings. The van der Waals surface area contributed by atoms with Gasteiger partial charge in [-0.05, 0) is 13.0 Å². The highest BCUT2D eigenvalue weighted by Gasteiger charge is 2.24. The third-order valence-electron chi connectivity index (χ3n) is 2.44. The first-order valence-electron chi connectivity index (χ1n) is 5.06. The lowest BCUT2D eigenvalue weighted by Gasteiger charge is -2.11. The van der Waals surface area contributed by atoms with E-state index in [4.69, 9.17) is 26.8 Å². The first kappa shape index (κ1) is 11.1. The lowest BCUT2D eigenvalue weighted by molar-refractivity contribution is 0.0527. The van der Waals surface area contributed by atoms with Crippen LogP contribution < -0.4 is 10.5 Å². The molecule has 2 N–H and O–H groups in total. The number of nitrogen functional groups attached to an aromatic ring is 1. The van der Waals surface area contributed by atoms with E-state index in [0.717, 1.165) is 12.0 Å². The van der Waals surface area contributed by atoms with Crippen molar-refractivity contribution < 1.29 is 14.3 Å². The molecule has 2 rings (SSSR count). The number of anilines is 1. The molecule has 4 nitrogen and oxygen atoms in total. The van der Waals surface area contributed by atoms with E-state index in [1.54, 1.807) is 13.0 Å². The molecule has 16 heavy (non-hydrogen) atoms. The van der Waals surface area contributed by atoms with Crippen molar-refractivity contribution in [3.8, 4) is 5.75 Å². The molecule has 0 unspecified atom stereocenters. The summed E-state index contributed by atoms with van der Waals surface area (Å²) >= 11 is 6.01. The molecule has 0 saturated carbocycles. The zero-order valence-electron chi connectivity index (χ0n) is 8.88. The van der Waals surface area contributed by atoms with Crippen LogP contribution in [0.1, 0.15) is 22.8 Å². The fourth-order valence-corrected chi connectivity index (χ4v) is 2.05. The topological polar surface area (TPSA) is 61.5 Å². The minimum Gasteiger partial charge on any atom is -0.491 e. The minimum absolute atomic E-state index is 0.198. The van der Waals surface area contributed by atoms with E-state index >= 15 is 0 Å². The van der Waals surface area contributed by atoms with Crippen molar-refractivity contribution in [1.29, 1.82) is 0 Å². The summed E-state index contributed by atoms with van der Waals surface area (Å²) in [6, 6.07) is 1.71.